The van der Waals surface area contributed by atoms with Gasteiger partial charge in [-0.05, 0) is 26.7 Å². The molecule has 1 aromatic carbocycles. The van der Waals surface area contributed by atoms with Crippen LogP contribution in [-0.4, -0.2) is 35.1 Å². The van der Waals surface area contributed by atoms with Crippen molar-refractivity contribution in [1.29, 1.82) is 0 Å². The van der Waals surface area contributed by atoms with E-state index >= 15 is 0 Å². The number of aromatic nitrogens is 1. The summed E-state index contributed by atoms with van der Waals surface area (Å²) >= 11 is 0. The van der Waals surface area contributed by atoms with Crippen LogP contribution >= 0.6 is 0 Å². The summed E-state index contributed by atoms with van der Waals surface area (Å²) in [6.45, 7) is 8.17. The molecule has 0 spiro atoms. The number of carbonyl (C=O) groups is 1. The highest BCUT2D eigenvalue weighted by Crippen LogP contribution is 2.34. The molecule has 1 aliphatic heterocycles. The molecule has 128 valence electrons. The van der Waals surface area contributed by atoms with Crippen LogP contribution in [0.5, 0.6) is 0 Å². The quantitative estimate of drug-likeness (QED) is 0.840. The molecule has 2 heterocycles. The molecule has 1 amide bonds. The van der Waals surface area contributed by atoms with Gasteiger partial charge in [0.1, 0.15) is 5.69 Å². The van der Waals surface area contributed by atoms with Crippen LogP contribution in [0.4, 0.5) is 5.88 Å². The molecule has 0 atom stereocenters. The zero-order valence-corrected chi connectivity index (χ0v) is 14.7. The van der Waals surface area contributed by atoms with Gasteiger partial charge in [-0.3, -0.25) is 4.79 Å². The predicted molar refractivity (Wildman–Crippen MR) is 94.7 cm³/mol. The summed E-state index contributed by atoms with van der Waals surface area (Å²) in [5.41, 5.74) is 2.87. The normalized spacial score (nSPS) is 14.4. The Morgan fingerprint density at radius 3 is 2.50 bits per heavy atom. The fraction of sp³-hybridized carbons (Fsp3) is 0.474. The van der Waals surface area contributed by atoms with Gasteiger partial charge in [-0.2, -0.15) is 0 Å². The Morgan fingerprint density at radius 2 is 1.92 bits per heavy atom. The first kappa shape index (κ1) is 16.6. The van der Waals surface area contributed by atoms with E-state index in [-0.39, 0.29) is 11.9 Å². The first-order valence-electron chi connectivity index (χ1n) is 8.64. The van der Waals surface area contributed by atoms with Gasteiger partial charge in [-0.15, -0.1) is 0 Å². The van der Waals surface area contributed by atoms with E-state index in [1.54, 1.807) is 6.92 Å². The molecule has 5 heteroatoms. The second-order valence-corrected chi connectivity index (χ2v) is 6.62. The van der Waals surface area contributed by atoms with Gasteiger partial charge < -0.3 is 14.3 Å². The number of hydrogen-bond donors (Lipinski definition) is 0. The van der Waals surface area contributed by atoms with Crippen LogP contribution in [0.25, 0.3) is 11.3 Å². The summed E-state index contributed by atoms with van der Waals surface area (Å²) in [4.78, 5) is 16.2. The lowest BCUT2D eigenvalue weighted by molar-refractivity contribution is -0.131. The second-order valence-electron chi connectivity index (χ2n) is 6.62. The van der Waals surface area contributed by atoms with Crippen LogP contribution < -0.4 is 4.90 Å². The molecule has 0 saturated carbocycles. The van der Waals surface area contributed by atoms with Crippen molar-refractivity contribution >= 4 is 11.8 Å². The van der Waals surface area contributed by atoms with Crippen molar-refractivity contribution in [2.24, 2.45) is 0 Å². The minimum atomic E-state index is 0.0672. The van der Waals surface area contributed by atoms with Gasteiger partial charge in [0.05, 0.1) is 12.1 Å². The van der Waals surface area contributed by atoms with Gasteiger partial charge in [0, 0.05) is 31.6 Å². The predicted octanol–water partition coefficient (Wildman–Crippen LogP) is 3.70. The molecule has 5 nitrogen and oxygen atoms in total. The van der Waals surface area contributed by atoms with Gasteiger partial charge in [0.25, 0.3) is 0 Å². The first-order chi connectivity index (χ1) is 11.6. The Hall–Kier alpha value is -2.30. The van der Waals surface area contributed by atoms with E-state index in [1.807, 2.05) is 49.1 Å². The van der Waals surface area contributed by atoms with Gasteiger partial charge in [0.15, 0.2) is 0 Å². The second kappa shape index (κ2) is 7.07. The van der Waals surface area contributed by atoms with Crippen LogP contribution in [0.1, 0.15) is 39.2 Å². The number of hydrogen-bond acceptors (Lipinski definition) is 4. The minimum Gasteiger partial charge on any atom is -0.340 e. The van der Waals surface area contributed by atoms with Gasteiger partial charge in [-0.1, -0.05) is 35.5 Å². The average Bonchev–Trinajstić information content (AvgIpc) is 3.22. The van der Waals surface area contributed by atoms with Crippen molar-refractivity contribution in [3.63, 3.8) is 0 Å². The molecule has 0 N–H and O–H groups in total. The highest BCUT2D eigenvalue weighted by Gasteiger charge is 2.27. The Bertz CT molecular complexity index is 688. The van der Waals surface area contributed by atoms with Crippen LogP contribution in [-0.2, 0) is 11.3 Å². The van der Waals surface area contributed by atoms with E-state index < -0.39 is 0 Å². The van der Waals surface area contributed by atoms with Gasteiger partial charge in [-0.25, -0.2) is 0 Å². The van der Waals surface area contributed by atoms with E-state index in [2.05, 4.69) is 10.1 Å². The molecule has 1 aliphatic rings. The minimum absolute atomic E-state index is 0.0672. The third-order valence-electron chi connectivity index (χ3n) is 4.56. The van der Waals surface area contributed by atoms with Crippen molar-refractivity contribution in [2.45, 2.75) is 46.2 Å². The van der Waals surface area contributed by atoms with Crippen LogP contribution in [0.2, 0.25) is 0 Å². The van der Waals surface area contributed by atoms with Gasteiger partial charge >= 0.3 is 0 Å². The average molecular weight is 327 g/mol. The van der Waals surface area contributed by atoms with Crippen LogP contribution in [0.15, 0.2) is 34.9 Å². The zero-order chi connectivity index (χ0) is 17.1. The summed E-state index contributed by atoms with van der Waals surface area (Å²) in [6.07, 6.45) is 2.34. The molecule has 24 heavy (non-hydrogen) atoms. The van der Waals surface area contributed by atoms with Crippen LogP contribution in [0.3, 0.4) is 0 Å². The Morgan fingerprint density at radius 1 is 1.25 bits per heavy atom. The molecule has 0 unspecified atom stereocenters. The monoisotopic (exact) mass is 327 g/mol. The molecule has 0 bridgehead atoms. The maximum Gasteiger partial charge on any atom is 0.232 e. The van der Waals surface area contributed by atoms with Gasteiger partial charge in [0.2, 0.25) is 11.8 Å². The smallest absolute Gasteiger partial charge is 0.232 e. The third-order valence-corrected chi connectivity index (χ3v) is 4.56. The number of carbonyl (C=O) groups excluding carboxylic acids is 1. The largest absolute Gasteiger partial charge is 0.340 e. The van der Waals surface area contributed by atoms with Crippen molar-refractivity contribution in [2.75, 3.05) is 18.0 Å². The first-order valence-corrected chi connectivity index (χ1v) is 8.64. The summed E-state index contributed by atoms with van der Waals surface area (Å²) in [7, 11) is 0. The van der Waals surface area contributed by atoms with E-state index in [9.17, 15) is 4.79 Å². The summed E-state index contributed by atoms with van der Waals surface area (Å²) in [6, 6.07) is 10.2. The molecule has 1 saturated heterocycles. The standard InChI is InChI=1S/C19H25N3O2/c1-14(2)22(15(3)23)13-17-18(16-9-5-4-6-10-16)20-24-19(17)21-11-7-8-12-21/h4-6,9-10,14H,7-8,11-13H2,1-3H3. The number of rotatable bonds is 5. The molecule has 1 aromatic heterocycles. The number of benzene rings is 1. The number of nitrogens with zero attached hydrogens (tertiary/aromatic N) is 3. The SMILES string of the molecule is CC(=O)N(Cc1c(-c2ccccc2)noc1N1CCCC1)C(C)C. The maximum absolute atomic E-state index is 12.1. The van der Waals surface area contributed by atoms with Crippen molar-refractivity contribution in [3.8, 4) is 11.3 Å². The lowest BCUT2D eigenvalue weighted by Gasteiger charge is -2.26. The molecule has 0 radical (unpaired) electrons. The molecular weight excluding hydrogens is 302 g/mol. The van der Waals surface area contributed by atoms with Crippen molar-refractivity contribution in [3.05, 3.63) is 35.9 Å². The fourth-order valence-electron chi connectivity index (χ4n) is 3.26. The Kier molecular flexibility index (Phi) is 4.88. The zero-order valence-electron chi connectivity index (χ0n) is 14.7. The topological polar surface area (TPSA) is 49.6 Å². The summed E-state index contributed by atoms with van der Waals surface area (Å²) < 4.78 is 5.73. The highest BCUT2D eigenvalue weighted by atomic mass is 16.5. The van der Waals surface area contributed by atoms with E-state index in [1.165, 1.54) is 12.8 Å². The van der Waals surface area contributed by atoms with E-state index in [0.29, 0.717) is 6.54 Å². The third kappa shape index (κ3) is 3.30. The Labute approximate surface area is 143 Å². The number of anilines is 1. The lowest BCUT2D eigenvalue weighted by atomic mass is 10.1. The molecule has 0 aliphatic carbocycles. The molecule has 3 rings (SSSR count). The molecular formula is C19H25N3O2. The maximum atomic E-state index is 12.1. The van der Waals surface area contributed by atoms with Crippen molar-refractivity contribution < 1.29 is 9.32 Å². The number of amides is 1. The van der Waals surface area contributed by atoms with Crippen molar-refractivity contribution in [1.82, 2.24) is 10.1 Å². The summed E-state index contributed by atoms with van der Waals surface area (Å²) in [5, 5.41) is 4.35. The summed E-state index contributed by atoms with van der Waals surface area (Å²) in [5.74, 6) is 0.885. The molecule has 1 fully saturated rings. The van der Waals surface area contributed by atoms with Crippen LogP contribution in [0, 0.1) is 0 Å². The van der Waals surface area contributed by atoms with E-state index in [4.69, 9.17) is 4.52 Å². The highest BCUT2D eigenvalue weighted by molar-refractivity contribution is 5.75. The lowest BCUT2D eigenvalue weighted by Crippen LogP contribution is -2.35. The van der Waals surface area contributed by atoms with E-state index in [0.717, 1.165) is 35.8 Å². The molecule has 2 aromatic rings. The fourth-order valence-corrected chi connectivity index (χ4v) is 3.26. The Balaban J connectivity index is 2.02.